The molecule has 11 heteroatoms. The summed E-state index contributed by atoms with van der Waals surface area (Å²) in [6.45, 7) is 9.55. The zero-order valence-corrected chi connectivity index (χ0v) is 44.7. The van der Waals surface area contributed by atoms with Crippen LogP contribution in [0.4, 0.5) is 0 Å². The molecule has 0 radical (unpaired) electrons. The van der Waals surface area contributed by atoms with Gasteiger partial charge in [0.15, 0.2) is 13.6 Å². The molecule has 16 aliphatic carbocycles. The van der Waals surface area contributed by atoms with E-state index in [1.165, 1.54) is 57.8 Å². The van der Waals surface area contributed by atoms with Gasteiger partial charge in [-0.1, -0.05) is 27.7 Å². The molecule has 0 aromatic rings. The summed E-state index contributed by atoms with van der Waals surface area (Å²) < 4.78 is 25.2. The van der Waals surface area contributed by atoms with Crippen LogP contribution in [0.3, 0.4) is 0 Å². The van der Waals surface area contributed by atoms with Crippen LogP contribution in [0.5, 0.6) is 0 Å². The summed E-state index contributed by atoms with van der Waals surface area (Å²) in [6, 6.07) is 0. The van der Waals surface area contributed by atoms with Crippen molar-refractivity contribution in [1.82, 2.24) is 0 Å². The molecular formula is C63H88O11. The zero-order valence-electron chi connectivity index (χ0n) is 44.7. The van der Waals surface area contributed by atoms with Gasteiger partial charge in [-0.2, -0.15) is 0 Å². The molecule has 0 saturated heterocycles. The van der Waals surface area contributed by atoms with Gasteiger partial charge in [0.05, 0.1) is 42.5 Å². The molecule has 74 heavy (non-hydrogen) atoms. The first-order valence-electron chi connectivity index (χ1n) is 31.4. The average Bonchev–Trinajstić information content (AvgIpc) is 4.23. The predicted octanol–water partition coefficient (Wildman–Crippen LogP) is 9.64. The summed E-state index contributed by atoms with van der Waals surface area (Å²) in [4.78, 5) is 56.3. The lowest BCUT2D eigenvalue weighted by Gasteiger charge is -2.57. The predicted molar refractivity (Wildman–Crippen MR) is 268 cm³/mol. The number of carboxylic acids is 2. The maximum atomic E-state index is 15.2. The number of aliphatic hydroxyl groups excluding tert-OH is 1. The van der Waals surface area contributed by atoms with Gasteiger partial charge < -0.3 is 34.3 Å². The van der Waals surface area contributed by atoms with Gasteiger partial charge in [-0.25, -0.2) is 0 Å². The van der Waals surface area contributed by atoms with Crippen LogP contribution in [-0.4, -0.2) is 71.6 Å². The Balaban J connectivity index is 0.739. The molecule has 16 aliphatic rings. The fraction of sp³-hybridized carbons (Fsp3) is 0.937. The lowest BCUT2D eigenvalue weighted by Crippen LogP contribution is -2.55. The monoisotopic (exact) mass is 1020 g/mol. The minimum Gasteiger partial charge on any atom is -0.481 e. The highest BCUT2D eigenvalue weighted by atomic mass is 16.7. The average molecular weight is 1020 g/mol. The molecule has 37 atom stereocenters. The minimum atomic E-state index is -0.933. The van der Waals surface area contributed by atoms with Crippen LogP contribution < -0.4 is 0 Å². The van der Waals surface area contributed by atoms with Gasteiger partial charge >= 0.3 is 23.9 Å². The van der Waals surface area contributed by atoms with Crippen molar-refractivity contribution in [3.8, 4) is 0 Å². The molecule has 16 rings (SSSR count). The molecule has 406 valence electrons. The molecule has 16 saturated carbocycles. The number of carbonyl (C=O) groups is 4. The van der Waals surface area contributed by atoms with E-state index in [1.54, 1.807) is 6.92 Å². The number of hydrogen-bond donors (Lipinski definition) is 3. The van der Waals surface area contributed by atoms with E-state index < -0.39 is 23.8 Å². The molecule has 0 heterocycles. The third kappa shape index (κ3) is 6.30. The number of carbonyl (C=O) groups excluding carboxylic acids is 2. The van der Waals surface area contributed by atoms with Gasteiger partial charge in [0, 0.05) is 0 Å². The van der Waals surface area contributed by atoms with Crippen LogP contribution in [0.15, 0.2) is 0 Å². The lowest BCUT2D eigenvalue weighted by atomic mass is 9.47. The van der Waals surface area contributed by atoms with Gasteiger partial charge in [-0.3, -0.25) is 19.2 Å². The van der Waals surface area contributed by atoms with Crippen molar-refractivity contribution in [3.63, 3.8) is 0 Å². The minimum absolute atomic E-state index is 0.0410. The van der Waals surface area contributed by atoms with E-state index in [2.05, 4.69) is 20.8 Å². The van der Waals surface area contributed by atoms with Crippen LogP contribution in [0.2, 0.25) is 0 Å². The van der Waals surface area contributed by atoms with Crippen molar-refractivity contribution in [3.05, 3.63) is 0 Å². The molecule has 0 aliphatic heterocycles. The number of aliphatic hydroxyl groups is 1. The maximum absolute atomic E-state index is 15.2. The third-order valence-electron chi connectivity index (χ3n) is 29.6. The first-order valence-corrected chi connectivity index (χ1v) is 31.4. The van der Waals surface area contributed by atoms with Crippen molar-refractivity contribution in [2.24, 2.45) is 207 Å². The highest BCUT2D eigenvalue weighted by Gasteiger charge is 2.78. The van der Waals surface area contributed by atoms with Gasteiger partial charge in [-0.15, -0.1) is 0 Å². The third-order valence-corrected chi connectivity index (χ3v) is 29.6. The summed E-state index contributed by atoms with van der Waals surface area (Å²) in [7, 11) is 0. The number of carboxylic acid groups (broad SMARTS) is 2. The highest BCUT2D eigenvalue weighted by Crippen LogP contribution is 2.82. The Morgan fingerprint density at radius 3 is 1.76 bits per heavy atom. The van der Waals surface area contributed by atoms with Crippen molar-refractivity contribution in [1.29, 1.82) is 0 Å². The van der Waals surface area contributed by atoms with E-state index >= 15 is 4.79 Å². The topological polar surface area (TPSA) is 166 Å². The van der Waals surface area contributed by atoms with E-state index in [9.17, 15) is 29.7 Å². The van der Waals surface area contributed by atoms with E-state index in [0.29, 0.717) is 155 Å². The number of hydrogen-bond acceptors (Lipinski definition) is 9. The quantitative estimate of drug-likeness (QED) is 0.0619. The van der Waals surface area contributed by atoms with Crippen LogP contribution in [0, 0.1) is 207 Å². The first-order chi connectivity index (χ1) is 35.8. The van der Waals surface area contributed by atoms with Crippen LogP contribution >= 0.6 is 0 Å². The smallest absolute Gasteiger partial charge is 0.312 e. The Bertz CT molecular complexity index is 2320. The van der Waals surface area contributed by atoms with Gasteiger partial charge in [0.1, 0.15) is 0 Å². The van der Waals surface area contributed by atoms with Gasteiger partial charge in [0.2, 0.25) is 0 Å². The van der Waals surface area contributed by atoms with Crippen LogP contribution in [-0.2, 0) is 38.1 Å². The Kier molecular flexibility index (Phi) is 10.9. The Morgan fingerprint density at radius 2 is 1.05 bits per heavy atom. The van der Waals surface area contributed by atoms with E-state index in [0.717, 1.165) is 43.9 Å². The van der Waals surface area contributed by atoms with Crippen molar-refractivity contribution < 1.29 is 53.4 Å². The van der Waals surface area contributed by atoms with Gasteiger partial charge in [-0.05, 0) is 280 Å². The Hall–Kier alpha value is -2.24. The Morgan fingerprint density at radius 1 is 0.486 bits per heavy atom. The SMILES string of the molecule is CC(C(=O)O)C(C(=O)OCOCC1C2CCC(C2)C1C)C1C2CC(C3C4CC(CC4C(=O)O)C23)C1C1C2CC(C3C4CC(CC4C(=O)OCOC4C5CCC(C5)C4C)C23)C1C1C(C)C2CC1C1C3CC(O)C(C3)C21. The summed E-state index contributed by atoms with van der Waals surface area (Å²) in [6.07, 6.45) is 16.8. The standard InChI is InChI=1S/C63H88O11/c1-23-27-5-7-29(9-27)45(23)20-71-21-73-63(70)48(26(4)60(65)66)56-41-18-44(53-35-11-31(49(41)53)13-37(35)61(67)68)58(56)57-42-19-43(55(57)47-25(3)34-17-40(47)51-33-15-39(52(34)51)46(64)16-33)54-36-12-32(50(42)54)14-38(36)62(69)74-22-72-59-24(2)28-6-8-30(59)10-28/h23-59,64H,5-22H2,1-4H3,(H,65,66)(H,67,68). The van der Waals surface area contributed by atoms with E-state index in [1.807, 2.05) is 0 Å². The van der Waals surface area contributed by atoms with E-state index in [-0.39, 0.29) is 79.2 Å². The van der Waals surface area contributed by atoms with Gasteiger partial charge in [0.25, 0.3) is 0 Å². The number of esters is 2. The number of aliphatic carboxylic acids is 2. The van der Waals surface area contributed by atoms with E-state index in [4.69, 9.17) is 18.9 Å². The second kappa shape index (κ2) is 16.9. The molecule has 0 spiro atoms. The molecule has 16 fully saturated rings. The first kappa shape index (κ1) is 47.7. The maximum Gasteiger partial charge on any atom is 0.312 e. The lowest BCUT2D eigenvalue weighted by molar-refractivity contribution is -0.178. The molecule has 0 aromatic heterocycles. The summed E-state index contributed by atoms with van der Waals surface area (Å²) in [5.74, 6) is 10.0. The number of rotatable bonds is 15. The molecule has 16 bridgehead atoms. The van der Waals surface area contributed by atoms with Crippen LogP contribution in [0.25, 0.3) is 0 Å². The fourth-order valence-electron chi connectivity index (χ4n) is 28.0. The molecule has 37 unspecified atom stereocenters. The normalized spacial score (nSPS) is 59.8. The van der Waals surface area contributed by atoms with Crippen molar-refractivity contribution >= 4 is 23.9 Å². The molecule has 0 aromatic carbocycles. The molecule has 11 nitrogen and oxygen atoms in total. The van der Waals surface area contributed by atoms with Crippen molar-refractivity contribution in [2.45, 2.75) is 136 Å². The zero-order chi connectivity index (χ0) is 50.2. The summed E-state index contributed by atoms with van der Waals surface area (Å²) >= 11 is 0. The summed E-state index contributed by atoms with van der Waals surface area (Å²) in [5.41, 5.74) is 0. The molecule has 0 amide bonds. The molecular weight excluding hydrogens is 933 g/mol. The molecule has 3 N–H and O–H groups in total. The largest absolute Gasteiger partial charge is 0.481 e. The fourth-order valence-corrected chi connectivity index (χ4v) is 28.0. The second-order valence-electron chi connectivity index (χ2n) is 30.6. The van der Waals surface area contributed by atoms with Crippen LogP contribution in [0.1, 0.15) is 124 Å². The van der Waals surface area contributed by atoms with Crippen molar-refractivity contribution in [2.75, 3.05) is 20.2 Å². The number of fused-ring (bicyclic) bond motifs is 31. The summed E-state index contributed by atoms with van der Waals surface area (Å²) in [5, 5.41) is 33.2. The number of ether oxygens (including phenoxy) is 4. The highest BCUT2D eigenvalue weighted by molar-refractivity contribution is 5.81. The Labute approximate surface area is 439 Å². The second-order valence-corrected chi connectivity index (χ2v) is 30.6.